The lowest BCUT2D eigenvalue weighted by atomic mass is 10.1. The van der Waals surface area contributed by atoms with Crippen molar-refractivity contribution in [3.8, 4) is 0 Å². The molecule has 0 bridgehead atoms. The highest BCUT2D eigenvalue weighted by Gasteiger charge is 2.13. The normalized spacial score (nSPS) is 14.2. The van der Waals surface area contributed by atoms with Gasteiger partial charge in [-0.2, -0.15) is 0 Å². The molecule has 0 rings (SSSR count). The molecule has 0 saturated carbocycles. The molecule has 1 unspecified atom stereocenters. The summed E-state index contributed by atoms with van der Waals surface area (Å²) in [6, 6.07) is -0.448. The van der Waals surface area contributed by atoms with Gasteiger partial charge in [0.05, 0.1) is 6.04 Å². The summed E-state index contributed by atoms with van der Waals surface area (Å²) in [6.45, 7) is 4.38. The Kier molecular flexibility index (Phi) is 7.54. The third-order valence-corrected chi connectivity index (χ3v) is 2.41. The van der Waals surface area contributed by atoms with Crippen LogP contribution < -0.4 is 11.1 Å². The summed E-state index contributed by atoms with van der Waals surface area (Å²) >= 11 is 0. The van der Waals surface area contributed by atoms with Crippen LogP contribution >= 0.6 is 0 Å². The van der Waals surface area contributed by atoms with Crippen LogP contribution in [0.15, 0.2) is 0 Å². The van der Waals surface area contributed by atoms with Gasteiger partial charge in [-0.3, -0.25) is 9.59 Å². The molecule has 0 saturated heterocycles. The fourth-order valence-electron chi connectivity index (χ4n) is 1.32. The van der Waals surface area contributed by atoms with E-state index < -0.39 is 12.0 Å². The van der Waals surface area contributed by atoms with Crippen molar-refractivity contribution in [2.75, 3.05) is 6.54 Å². The number of carboxylic acid groups (broad SMARTS) is 1. The summed E-state index contributed by atoms with van der Waals surface area (Å²) in [5.41, 5.74) is 5.63. The number of hydrogen-bond donors (Lipinski definition) is 3. The van der Waals surface area contributed by atoms with Crippen LogP contribution in [-0.2, 0) is 9.59 Å². The highest BCUT2D eigenvalue weighted by molar-refractivity contribution is 5.81. The van der Waals surface area contributed by atoms with Crippen LogP contribution in [0.5, 0.6) is 0 Å². The van der Waals surface area contributed by atoms with Gasteiger partial charge in [0.1, 0.15) is 0 Å². The number of carbonyl (C=O) groups excluding carboxylic acids is 1. The second-order valence-corrected chi connectivity index (χ2v) is 4.18. The molecule has 5 heteroatoms. The Morgan fingerprint density at radius 1 is 1.38 bits per heavy atom. The molecule has 5 nitrogen and oxygen atoms in total. The fourth-order valence-corrected chi connectivity index (χ4v) is 1.32. The number of nitrogens with two attached hydrogens (primary N) is 1. The maximum Gasteiger partial charge on any atom is 0.303 e. The summed E-state index contributed by atoms with van der Waals surface area (Å²) in [5.74, 6) is -0.793. The van der Waals surface area contributed by atoms with Gasteiger partial charge in [-0.05, 0) is 18.8 Å². The molecule has 94 valence electrons. The van der Waals surface area contributed by atoms with Crippen LogP contribution in [0.2, 0.25) is 0 Å². The largest absolute Gasteiger partial charge is 0.481 e. The van der Waals surface area contributed by atoms with Crippen molar-refractivity contribution in [2.45, 2.75) is 45.6 Å². The number of amides is 1. The van der Waals surface area contributed by atoms with Crippen LogP contribution in [0.3, 0.4) is 0 Å². The minimum Gasteiger partial charge on any atom is -0.481 e. The molecule has 0 radical (unpaired) electrons. The third kappa shape index (κ3) is 7.23. The van der Waals surface area contributed by atoms with Crippen molar-refractivity contribution >= 4 is 11.9 Å². The molecular weight excluding hydrogens is 208 g/mol. The predicted molar refractivity (Wildman–Crippen MR) is 61.9 cm³/mol. The molecule has 0 aliphatic carbocycles. The Bertz CT molecular complexity index is 231. The first kappa shape index (κ1) is 14.9. The van der Waals surface area contributed by atoms with Gasteiger partial charge in [0.2, 0.25) is 5.91 Å². The van der Waals surface area contributed by atoms with Gasteiger partial charge in [0.15, 0.2) is 0 Å². The second kappa shape index (κ2) is 8.10. The molecule has 0 fully saturated rings. The molecule has 0 aliphatic rings. The molecule has 0 aromatic rings. The zero-order valence-electron chi connectivity index (χ0n) is 10.0. The lowest BCUT2D eigenvalue weighted by Crippen LogP contribution is -2.42. The van der Waals surface area contributed by atoms with Gasteiger partial charge < -0.3 is 16.2 Å². The minimum absolute atomic E-state index is 0.137. The summed E-state index contributed by atoms with van der Waals surface area (Å²) < 4.78 is 0. The van der Waals surface area contributed by atoms with Crippen molar-refractivity contribution in [1.29, 1.82) is 0 Å². The Balaban J connectivity index is 3.69. The zero-order valence-corrected chi connectivity index (χ0v) is 10.0. The van der Waals surface area contributed by atoms with Crippen LogP contribution in [0.25, 0.3) is 0 Å². The van der Waals surface area contributed by atoms with Gasteiger partial charge in [-0.25, -0.2) is 0 Å². The second-order valence-electron chi connectivity index (χ2n) is 4.18. The lowest BCUT2D eigenvalue weighted by molar-refractivity contribution is -0.137. The smallest absolute Gasteiger partial charge is 0.303 e. The first-order valence-corrected chi connectivity index (χ1v) is 5.72. The van der Waals surface area contributed by atoms with E-state index in [0.717, 1.165) is 6.42 Å². The van der Waals surface area contributed by atoms with Gasteiger partial charge in [0, 0.05) is 13.0 Å². The van der Waals surface area contributed by atoms with Gasteiger partial charge in [-0.15, -0.1) is 0 Å². The predicted octanol–water partition coefficient (Wildman–Crippen LogP) is 0.731. The quantitative estimate of drug-likeness (QED) is 0.573. The van der Waals surface area contributed by atoms with Crippen LogP contribution in [0.4, 0.5) is 0 Å². The molecule has 0 spiro atoms. The van der Waals surface area contributed by atoms with E-state index in [1.165, 1.54) is 0 Å². The van der Waals surface area contributed by atoms with Crippen molar-refractivity contribution in [2.24, 2.45) is 11.7 Å². The Hall–Kier alpha value is -1.10. The molecular formula is C11H22N2O3. The van der Waals surface area contributed by atoms with Crippen molar-refractivity contribution in [3.05, 3.63) is 0 Å². The monoisotopic (exact) mass is 230 g/mol. The molecule has 1 amide bonds. The van der Waals surface area contributed by atoms with Gasteiger partial charge >= 0.3 is 5.97 Å². The van der Waals surface area contributed by atoms with Gasteiger partial charge in [0.25, 0.3) is 0 Å². The van der Waals surface area contributed by atoms with E-state index >= 15 is 0 Å². The lowest BCUT2D eigenvalue weighted by Gasteiger charge is -2.14. The number of rotatable bonds is 8. The van der Waals surface area contributed by atoms with Crippen LogP contribution in [0, 0.1) is 5.92 Å². The first-order chi connectivity index (χ1) is 7.47. The van der Waals surface area contributed by atoms with E-state index in [1.807, 2.05) is 13.8 Å². The minimum atomic E-state index is -0.805. The molecule has 0 aliphatic heterocycles. The number of aliphatic carboxylic acids is 1. The highest BCUT2D eigenvalue weighted by atomic mass is 16.4. The Morgan fingerprint density at radius 3 is 2.50 bits per heavy atom. The maximum atomic E-state index is 11.4. The van der Waals surface area contributed by atoms with Crippen molar-refractivity contribution < 1.29 is 14.7 Å². The van der Waals surface area contributed by atoms with E-state index in [4.69, 9.17) is 10.8 Å². The number of carboxylic acids is 1. The maximum absolute atomic E-state index is 11.4. The van der Waals surface area contributed by atoms with Crippen LogP contribution in [-0.4, -0.2) is 29.6 Å². The van der Waals surface area contributed by atoms with E-state index in [-0.39, 0.29) is 18.2 Å². The fraction of sp³-hybridized carbons (Fsp3) is 0.818. The van der Waals surface area contributed by atoms with Crippen molar-refractivity contribution in [1.82, 2.24) is 5.32 Å². The summed E-state index contributed by atoms with van der Waals surface area (Å²) in [6.07, 6.45) is 2.26. The van der Waals surface area contributed by atoms with E-state index in [0.29, 0.717) is 19.4 Å². The topological polar surface area (TPSA) is 92.4 Å². The molecule has 16 heavy (non-hydrogen) atoms. The number of nitrogens with one attached hydrogen (secondary N) is 1. The van der Waals surface area contributed by atoms with E-state index in [2.05, 4.69) is 5.32 Å². The van der Waals surface area contributed by atoms with Gasteiger partial charge in [-0.1, -0.05) is 20.3 Å². The molecule has 0 heterocycles. The SMILES string of the molecule is CCC[C@H](N)C(=O)NCC(C)CCC(=O)O. The standard InChI is InChI=1S/C11H22N2O3/c1-3-4-9(12)11(16)13-7-8(2)5-6-10(14)15/h8-9H,3-7,12H2,1-2H3,(H,13,16)(H,14,15)/t8?,9-/m0/s1. The van der Waals surface area contributed by atoms with Crippen molar-refractivity contribution in [3.63, 3.8) is 0 Å². The zero-order chi connectivity index (χ0) is 12.6. The highest BCUT2D eigenvalue weighted by Crippen LogP contribution is 2.04. The summed E-state index contributed by atoms with van der Waals surface area (Å²) in [5, 5.41) is 11.2. The molecule has 2 atom stereocenters. The average molecular weight is 230 g/mol. The van der Waals surface area contributed by atoms with Crippen LogP contribution in [0.1, 0.15) is 39.5 Å². The Morgan fingerprint density at radius 2 is 2.00 bits per heavy atom. The molecule has 4 N–H and O–H groups in total. The molecule has 0 aromatic heterocycles. The summed E-state index contributed by atoms with van der Waals surface area (Å²) in [7, 11) is 0. The molecule has 0 aromatic carbocycles. The Labute approximate surface area is 96.4 Å². The third-order valence-electron chi connectivity index (χ3n) is 2.41. The number of hydrogen-bond acceptors (Lipinski definition) is 3. The van der Waals surface area contributed by atoms with E-state index in [9.17, 15) is 9.59 Å². The average Bonchev–Trinajstić information content (AvgIpc) is 2.23. The summed E-state index contributed by atoms with van der Waals surface area (Å²) in [4.78, 5) is 21.8. The number of carbonyl (C=O) groups is 2. The first-order valence-electron chi connectivity index (χ1n) is 5.72. The van der Waals surface area contributed by atoms with E-state index in [1.54, 1.807) is 0 Å².